The first-order valence-corrected chi connectivity index (χ1v) is 8.52. The average Bonchev–Trinajstić information content (AvgIpc) is 2.75. The highest BCUT2D eigenvalue weighted by Gasteiger charge is 2.14. The SMILES string of the molecule is COC(=O)c1ccc(Oc2ccccc2NC(=O)c2ccccc2OC)cc1. The minimum Gasteiger partial charge on any atom is -0.496 e. The Kier molecular flexibility index (Phi) is 5.91. The van der Waals surface area contributed by atoms with Gasteiger partial charge in [0.25, 0.3) is 5.91 Å². The number of carbonyl (C=O) groups excluding carboxylic acids is 2. The molecule has 0 radical (unpaired) electrons. The smallest absolute Gasteiger partial charge is 0.337 e. The molecule has 0 aliphatic carbocycles. The van der Waals surface area contributed by atoms with E-state index in [1.54, 1.807) is 72.8 Å². The normalized spacial score (nSPS) is 10.1. The topological polar surface area (TPSA) is 73.9 Å². The summed E-state index contributed by atoms with van der Waals surface area (Å²) in [6.45, 7) is 0. The Balaban J connectivity index is 1.80. The van der Waals surface area contributed by atoms with Gasteiger partial charge < -0.3 is 19.5 Å². The lowest BCUT2D eigenvalue weighted by Gasteiger charge is -2.13. The molecule has 0 unspecified atom stereocenters. The van der Waals surface area contributed by atoms with Crippen molar-refractivity contribution < 1.29 is 23.8 Å². The van der Waals surface area contributed by atoms with Crippen LogP contribution in [0.4, 0.5) is 5.69 Å². The molecule has 1 N–H and O–H groups in total. The Labute approximate surface area is 162 Å². The molecule has 0 heterocycles. The van der Waals surface area contributed by atoms with Crippen molar-refractivity contribution >= 4 is 17.6 Å². The third-order valence-corrected chi connectivity index (χ3v) is 3.99. The highest BCUT2D eigenvalue weighted by Crippen LogP contribution is 2.30. The summed E-state index contributed by atoms with van der Waals surface area (Å²) in [6, 6.07) is 20.6. The van der Waals surface area contributed by atoms with Gasteiger partial charge in [0.05, 0.1) is 31.0 Å². The van der Waals surface area contributed by atoms with Crippen LogP contribution in [0.2, 0.25) is 0 Å². The quantitative estimate of drug-likeness (QED) is 0.639. The molecular weight excluding hydrogens is 358 g/mol. The van der Waals surface area contributed by atoms with Crippen LogP contribution in [0, 0.1) is 0 Å². The van der Waals surface area contributed by atoms with Gasteiger partial charge in [0.2, 0.25) is 0 Å². The number of esters is 1. The Morgan fingerprint density at radius 1 is 0.786 bits per heavy atom. The Hall–Kier alpha value is -3.80. The molecule has 0 spiro atoms. The highest BCUT2D eigenvalue weighted by atomic mass is 16.5. The predicted octanol–water partition coefficient (Wildman–Crippen LogP) is 4.53. The number of benzene rings is 3. The number of carbonyl (C=O) groups is 2. The number of hydrogen-bond donors (Lipinski definition) is 1. The average molecular weight is 377 g/mol. The standard InChI is InChI=1S/C22H19NO5/c1-26-19-9-5-3-7-17(19)21(24)23-18-8-4-6-10-20(18)28-16-13-11-15(12-14-16)22(25)27-2/h3-14H,1-2H3,(H,23,24). The number of para-hydroxylation sites is 3. The van der Waals surface area contributed by atoms with Crippen molar-refractivity contribution in [3.05, 3.63) is 83.9 Å². The van der Waals surface area contributed by atoms with E-state index in [-0.39, 0.29) is 5.91 Å². The zero-order valence-electron chi connectivity index (χ0n) is 15.5. The van der Waals surface area contributed by atoms with E-state index < -0.39 is 5.97 Å². The van der Waals surface area contributed by atoms with E-state index in [1.165, 1.54) is 14.2 Å². The molecule has 1 amide bonds. The summed E-state index contributed by atoms with van der Waals surface area (Å²) in [5.74, 6) is 0.741. The Bertz CT molecular complexity index is 982. The van der Waals surface area contributed by atoms with Gasteiger partial charge in [0.1, 0.15) is 11.5 Å². The summed E-state index contributed by atoms with van der Waals surface area (Å²) >= 11 is 0. The van der Waals surface area contributed by atoms with E-state index >= 15 is 0 Å². The zero-order chi connectivity index (χ0) is 19.9. The third kappa shape index (κ3) is 4.29. The van der Waals surface area contributed by atoms with Crippen LogP contribution in [0.5, 0.6) is 17.2 Å². The number of amides is 1. The summed E-state index contributed by atoms with van der Waals surface area (Å²) in [5.41, 5.74) is 1.35. The number of rotatable bonds is 6. The predicted molar refractivity (Wildman–Crippen MR) is 105 cm³/mol. The van der Waals surface area contributed by atoms with Crippen molar-refractivity contribution in [2.24, 2.45) is 0 Å². The molecule has 3 rings (SSSR count). The lowest BCUT2D eigenvalue weighted by molar-refractivity contribution is 0.0600. The van der Waals surface area contributed by atoms with Crippen molar-refractivity contribution in [2.75, 3.05) is 19.5 Å². The number of anilines is 1. The first-order chi connectivity index (χ1) is 13.6. The maximum absolute atomic E-state index is 12.7. The first kappa shape index (κ1) is 19.0. The van der Waals surface area contributed by atoms with Crippen molar-refractivity contribution in [3.8, 4) is 17.2 Å². The Morgan fingerprint density at radius 2 is 1.43 bits per heavy atom. The molecule has 0 bridgehead atoms. The highest BCUT2D eigenvalue weighted by molar-refractivity contribution is 6.06. The van der Waals surface area contributed by atoms with Gasteiger partial charge in [-0.15, -0.1) is 0 Å². The molecule has 0 aliphatic heterocycles. The molecule has 6 heteroatoms. The van der Waals surface area contributed by atoms with Crippen LogP contribution in [0.15, 0.2) is 72.8 Å². The minimum atomic E-state index is -0.420. The van der Waals surface area contributed by atoms with E-state index in [9.17, 15) is 9.59 Å². The van der Waals surface area contributed by atoms with Gasteiger partial charge >= 0.3 is 5.97 Å². The van der Waals surface area contributed by atoms with Crippen molar-refractivity contribution in [2.45, 2.75) is 0 Å². The summed E-state index contributed by atoms with van der Waals surface area (Å²) in [4.78, 5) is 24.2. The molecule has 0 saturated heterocycles. The van der Waals surface area contributed by atoms with Crippen molar-refractivity contribution in [1.29, 1.82) is 0 Å². The lowest BCUT2D eigenvalue weighted by Crippen LogP contribution is -2.13. The van der Waals surface area contributed by atoms with Crippen LogP contribution in [-0.2, 0) is 4.74 Å². The minimum absolute atomic E-state index is 0.311. The fourth-order valence-electron chi connectivity index (χ4n) is 2.58. The molecular formula is C22H19NO5. The van der Waals surface area contributed by atoms with E-state index in [0.717, 1.165) is 0 Å². The first-order valence-electron chi connectivity index (χ1n) is 8.52. The van der Waals surface area contributed by atoms with Crippen molar-refractivity contribution in [1.82, 2.24) is 0 Å². The van der Waals surface area contributed by atoms with Gasteiger partial charge in [-0.25, -0.2) is 4.79 Å². The monoisotopic (exact) mass is 377 g/mol. The lowest BCUT2D eigenvalue weighted by atomic mass is 10.1. The molecule has 142 valence electrons. The second kappa shape index (κ2) is 8.73. The van der Waals surface area contributed by atoms with E-state index in [4.69, 9.17) is 9.47 Å². The van der Waals surface area contributed by atoms with E-state index in [2.05, 4.69) is 10.1 Å². The number of hydrogen-bond acceptors (Lipinski definition) is 5. The second-order valence-corrected chi connectivity index (χ2v) is 5.77. The number of nitrogens with one attached hydrogen (secondary N) is 1. The van der Waals surface area contributed by atoms with Gasteiger partial charge in [-0.05, 0) is 48.5 Å². The molecule has 6 nitrogen and oxygen atoms in total. The fourth-order valence-corrected chi connectivity index (χ4v) is 2.58. The van der Waals surface area contributed by atoms with Gasteiger partial charge in [0, 0.05) is 0 Å². The summed E-state index contributed by atoms with van der Waals surface area (Å²) in [6.07, 6.45) is 0. The molecule has 3 aromatic carbocycles. The maximum Gasteiger partial charge on any atom is 0.337 e. The molecule has 0 aliphatic rings. The molecule has 3 aromatic rings. The zero-order valence-corrected chi connectivity index (χ0v) is 15.5. The van der Waals surface area contributed by atoms with E-state index in [1.807, 2.05) is 0 Å². The van der Waals surface area contributed by atoms with E-state index in [0.29, 0.717) is 34.1 Å². The van der Waals surface area contributed by atoms with Crippen LogP contribution >= 0.6 is 0 Å². The maximum atomic E-state index is 12.7. The summed E-state index contributed by atoms with van der Waals surface area (Å²) in [5, 5.41) is 2.84. The molecule has 0 saturated carbocycles. The van der Waals surface area contributed by atoms with Gasteiger partial charge in [-0.3, -0.25) is 4.79 Å². The third-order valence-electron chi connectivity index (χ3n) is 3.99. The summed E-state index contributed by atoms with van der Waals surface area (Å²) < 4.78 is 15.8. The van der Waals surface area contributed by atoms with Crippen LogP contribution in [0.1, 0.15) is 20.7 Å². The second-order valence-electron chi connectivity index (χ2n) is 5.77. The summed E-state index contributed by atoms with van der Waals surface area (Å²) in [7, 11) is 2.84. The fraction of sp³-hybridized carbons (Fsp3) is 0.0909. The van der Waals surface area contributed by atoms with Gasteiger partial charge in [-0.2, -0.15) is 0 Å². The van der Waals surface area contributed by atoms with Crippen LogP contribution in [0.3, 0.4) is 0 Å². The molecule has 28 heavy (non-hydrogen) atoms. The van der Waals surface area contributed by atoms with Crippen molar-refractivity contribution in [3.63, 3.8) is 0 Å². The molecule has 0 atom stereocenters. The number of methoxy groups -OCH3 is 2. The number of ether oxygens (including phenoxy) is 3. The molecule has 0 fully saturated rings. The van der Waals surface area contributed by atoms with Crippen LogP contribution in [0.25, 0.3) is 0 Å². The largest absolute Gasteiger partial charge is 0.496 e. The van der Waals surface area contributed by atoms with Gasteiger partial charge in [0.15, 0.2) is 5.75 Å². The molecule has 0 aromatic heterocycles. The van der Waals surface area contributed by atoms with Crippen LogP contribution < -0.4 is 14.8 Å². The van der Waals surface area contributed by atoms with Crippen LogP contribution in [-0.4, -0.2) is 26.1 Å². The Morgan fingerprint density at radius 3 is 2.11 bits per heavy atom. The van der Waals surface area contributed by atoms with Gasteiger partial charge in [-0.1, -0.05) is 24.3 Å².